The Labute approximate surface area is 80.5 Å². The second-order valence-electron chi connectivity index (χ2n) is 2.79. The minimum absolute atomic E-state index is 0.319. The van der Waals surface area contributed by atoms with Crippen molar-refractivity contribution in [2.24, 2.45) is 5.73 Å². The molecule has 0 heterocycles. The number of halogens is 1. The van der Waals surface area contributed by atoms with Crippen LogP contribution in [0.25, 0.3) is 0 Å². The first-order valence-corrected chi connectivity index (χ1v) is 4.60. The number of rotatable bonds is 2. The monoisotopic (exact) mass is 229 g/mol. The summed E-state index contributed by atoms with van der Waals surface area (Å²) in [7, 11) is 0. The van der Waals surface area contributed by atoms with Crippen molar-refractivity contribution in [3.63, 3.8) is 0 Å². The number of nitrogens with two attached hydrogens (primary N) is 1. The standard InChI is InChI=1S/C9H12BrNO/c1-6(12)9(11)7-4-2-3-5-8(7)10/h2-6,9,12H,11H2,1H3/t6-,9+/m0/s1. The Kier molecular flexibility index (Phi) is 3.26. The first-order chi connectivity index (χ1) is 5.63. The van der Waals surface area contributed by atoms with E-state index in [9.17, 15) is 5.11 Å². The van der Waals surface area contributed by atoms with Gasteiger partial charge in [-0.25, -0.2) is 0 Å². The van der Waals surface area contributed by atoms with Crippen LogP contribution in [0.5, 0.6) is 0 Å². The molecule has 1 aromatic rings. The van der Waals surface area contributed by atoms with Crippen molar-refractivity contribution >= 4 is 15.9 Å². The Morgan fingerprint density at radius 1 is 1.42 bits per heavy atom. The van der Waals surface area contributed by atoms with Gasteiger partial charge in [0.15, 0.2) is 0 Å². The maximum absolute atomic E-state index is 9.25. The van der Waals surface area contributed by atoms with Gasteiger partial charge in [-0.15, -0.1) is 0 Å². The van der Waals surface area contributed by atoms with Crippen LogP contribution in [-0.4, -0.2) is 11.2 Å². The molecule has 66 valence electrons. The molecule has 3 heteroatoms. The molecule has 2 nitrogen and oxygen atoms in total. The predicted octanol–water partition coefficient (Wildman–Crippen LogP) is 1.83. The zero-order valence-electron chi connectivity index (χ0n) is 6.87. The Morgan fingerprint density at radius 2 is 2.00 bits per heavy atom. The topological polar surface area (TPSA) is 46.2 Å². The van der Waals surface area contributed by atoms with Gasteiger partial charge in [-0.05, 0) is 18.6 Å². The average molecular weight is 230 g/mol. The molecule has 0 aliphatic heterocycles. The summed E-state index contributed by atoms with van der Waals surface area (Å²) in [6, 6.07) is 7.32. The molecule has 0 amide bonds. The van der Waals surface area contributed by atoms with Crippen molar-refractivity contribution in [1.29, 1.82) is 0 Å². The summed E-state index contributed by atoms with van der Waals surface area (Å²) in [5.74, 6) is 0. The molecule has 0 aliphatic carbocycles. The predicted molar refractivity (Wildman–Crippen MR) is 52.8 cm³/mol. The van der Waals surface area contributed by atoms with E-state index in [4.69, 9.17) is 5.73 Å². The van der Waals surface area contributed by atoms with Gasteiger partial charge in [-0.3, -0.25) is 0 Å². The first-order valence-electron chi connectivity index (χ1n) is 3.81. The molecule has 12 heavy (non-hydrogen) atoms. The fraction of sp³-hybridized carbons (Fsp3) is 0.333. The maximum atomic E-state index is 9.25. The van der Waals surface area contributed by atoms with Gasteiger partial charge in [0.2, 0.25) is 0 Å². The highest BCUT2D eigenvalue weighted by Crippen LogP contribution is 2.23. The summed E-state index contributed by atoms with van der Waals surface area (Å²) in [5, 5.41) is 9.25. The lowest BCUT2D eigenvalue weighted by Gasteiger charge is -2.16. The second kappa shape index (κ2) is 4.03. The summed E-state index contributed by atoms with van der Waals surface area (Å²) in [4.78, 5) is 0. The number of aliphatic hydroxyl groups excluding tert-OH is 1. The van der Waals surface area contributed by atoms with Crippen LogP contribution in [0, 0.1) is 0 Å². The smallest absolute Gasteiger partial charge is 0.0705 e. The highest BCUT2D eigenvalue weighted by molar-refractivity contribution is 9.10. The summed E-state index contributed by atoms with van der Waals surface area (Å²) < 4.78 is 0.943. The summed E-state index contributed by atoms with van der Waals surface area (Å²) >= 11 is 3.37. The van der Waals surface area contributed by atoms with Crippen molar-refractivity contribution in [2.45, 2.75) is 19.1 Å². The molecule has 2 atom stereocenters. The number of benzene rings is 1. The SMILES string of the molecule is C[C@H](O)[C@@H](N)c1ccccc1Br. The van der Waals surface area contributed by atoms with Gasteiger partial charge in [0.05, 0.1) is 12.1 Å². The molecule has 0 saturated heterocycles. The molecule has 1 aromatic carbocycles. The molecular weight excluding hydrogens is 218 g/mol. The van der Waals surface area contributed by atoms with E-state index < -0.39 is 6.10 Å². The van der Waals surface area contributed by atoms with E-state index in [-0.39, 0.29) is 6.04 Å². The molecule has 0 radical (unpaired) electrons. The van der Waals surface area contributed by atoms with Gasteiger partial charge in [-0.1, -0.05) is 34.1 Å². The zero-order valence-corrected chi connectivity index (χ0v) is 8.45. The maximum Gasteiger partial charge on any atom is 0.0705 e. The molecule has 3 N–H and O–H groups in total. The van der Waals surface area contributed by atoms with Crippen LogP contribution in [0.4, 0.5) is 0 Å². The van der Waals surface area contributed by atoms with E-state index in [1.807, 2.05) is 24.3 Å². The Morgan fingerprint density at radius 3 is 2.50 bits per heavy atom. The van der Waals surface area contributed by atoms with Crippen LogP contribution >= 0.6 is 15.9 Å². The lowest BCUT2D eigenvalue weighted by molar-refractivity contribution is 0.164. The van der Waals surface area contributed by atoms with Crippen LogP contribution < -0.4 is 5.73 Å². The lowest BCUT2D eigenvalue weighted by atomic mass is 10.0. The summed E-state index contributed by atoms with van der Waals surface area (Å²) in [5.41, 5.74) is 6.70. The summed E-state index contributed by atoms with van der Waals surface area (Å²) in [6.07, 6.45) is -0.524. The normalized spacial score (nSPS) is 15.7. The third kappa shape index (κ3) is 2.06. The average Bonchev–Trinajstić information content (AvgIpc) is 2.04. The van der Waals surface area contributed by atoms with Gasteiger partial charge in [0, 0.05) is 4.47 Å². The van der Waals surface area contributed by atoms with Crippen molar-refractivity contribution in [1.82, 2.24) is 0 Å². The fourth-order valence-corrected chi connectivity index (χ4v) is 1.55. The minimum Gasteiger partial charge on any atom is -0.391 e. The van der Waals surface area contributed by atoms with E-state index in [0.29, 0.717) is 0 Å². The van der Waals surface area contributed by atoms with Gasteiger partial charge in [-0.2, -0.15) is 0 Å². The Bertz CT molecular complexity index is 262. The van der Waals surface area contributed by atoms with E-state index in [2.05, 4.69) is 15.9 Å². The van der Waals surface area contributed by atoms with Crippen molar-refractivity contribution in [3.8, 4) is 0 Å². The first kappa shape index (κ1) is 9.71. The van der Waals surface area contributed by atoms with E-state index in [1.54, 1.807) is 6.92 Å². The lowest BCUT2D eigenvalue weighted by Crippen LogP contribution is -2.23. The van der Waals surface area contributed by atoms with Gasteiger partial charge < -0.3 is 10.8 Å². The second-order valence-corrected chi connectivity index (χ2v) is 3.64. The molecule has 0 fully saturated rings. The van der Waals surface area contributed by atoms with E-state index >= 15 is 0 Å². The Hall–Kier alpha value is -0.380. The zero-order chi connectivity index (χ0) is 9.14. The molecule has 0 bridgehead atoms. The molecule has 1 rings (SSSR count). The van der Waals surface area contributed by atoms with Gasteiger partial charge >= 0.3 is 0 Å². The van der Waals surface area contributed by atoms with Crippen LogP contribution in [0.15, 0.2) is 28.7 Å². The molecule has 0 spiro atoms. The Balaban J connectivity index is 2.94. The van der Waals surface area contributed by atoms with Gasteiger partial charge in [0.1, 0.15) is 0 Å². The number of hydrogen-bond acceptors (Lipinski definition) is 2. The van der Waals surface area contributed by atoms with Crippen molar-refractivity contribution in [2.75, 3.05) is 0 Å². The highest BCUT2D eigenvalue weighted by Gasteiger charge is 2.13. The third-order valence-electron chi connectivity index (χ3n) is 1.78. The van der Waals surface area contributed by atoms with Gasteiger partial charge in [0.25, 0.3) is 0 Å². The van der Waals surface area contributed by atoms with Crippen molar-refractivity contribution in [3.05, 3.63) is 34.3 Å². The van der Waals surface area contributed by atoms with Crippen LogP contribution in [0.3, 0.4) is 0 Å². The third-order valence-corrected chi connectivity index (χ3v) is 2.51. The quantitative estimate of drug-likeness (QED) is 0.814. The summed E-state index contributed by atoms with van der Waals surface area (Å²) in [6.45, 7) is 1.68. The molecule has 0 aliphatic rings. The van der Waals surface area contributed by atoms with E-state index in [0.717, 1.165) is 10.0 Å². The largest absolute Gasteiger partial charge is 0.391 e. The highest BCUT2D eigenvalue weighted by atomic mass is 79.9. The van der Waals surface area contributed by atoms with Crippen LogP contribution in [0.2, 0.25) is 0 Å². The van der Waals surface area contributed by atoms with Crippen LogP contribution in [-0.2, 0) is 0 Å². The molecule has 0 unspecified atom stereocenters. The fourth-order valence-electron chi connectivity index (χ4n) is 1.01. The number of hydrogen-bond donors (Lipinski definition) is 2. The molecule has 0 aromatic heterocycles. The number of aliphatic hydroxyl groups is 1. The molecular formula is C9H12BrNO. The van der Waals surface area contributed by atoms with Crippen molar-refractivity contribution < 1.29 is 5.11 Å². The van der Waals surface area contributed by atoms with E-state index in [1.165, 1.54) is 0 Å². The minimum atomic E-state index is -0.524. The van der Waals surface area contributed by atoms with Crippen LogP contribution in [0.1, 0.15) is 18.5 Å². The molecule has 0 saturated carbocycles.